The first-order valence-corrected chi connectivity index (χ1v) is 13.4. The number of ether oxygens (including phenoxy) is 3. The molecular formula is C30H26N2O8S. The summed E-state index contributed by atoms with van der Waals surface area (Å²) in [6.07, 6.45) is 1.58. The molecule has 1 aliphatic heterocycles. The van der Waals surface area contributed by atoms with Gasteiger partial charge in [0.2, 0.25) is 0 Å². The Morgan fingerprint density at radius 1 is 1.10 bits per heavy atom. The maximum absolute atomic E-state index is 13.9. The maximum atomic E-state index is 13.9. The van der Waals surface area contributed by atoms with Gasteiger partial charge in [-0.1, -0.05) is 35.6 Å². The van der Waals surface area contributed by atoms with E-state index in [2.05, 4.69) is 4.99 Å². The van der Waals surface area contributed by atoms with Gasteiger partial charge in [0.15, 0.2) is 16.3 Å². The van der Waals surface area contributed by atoms with Gasteiger partial charge in [-0.25, -0.2) is 14.6 Å². The predicted molar refractivity (Wildman–Crippen MR) is 151 cm³/mol. The molecule has 0 saturated carbocycles. The smallest absolute Gasteiger partial charge is 0.338 e. The first-order chi connectivity index (χ1) is 19.8. The van der Waals surface area contributed by atoms with Crippen molar-refractivity contribution in [3.63, 3.8) is 0 Å². The minimum absolute atomic E-state index is 0.102. The predicted octanol–water partition coefficient (Wildman–Crippen LogP) is 3.77. The molecule has 41 heavy (non-hydrogen) atoms. The van der Waals surface area contributed by atoms with E-state index in [1.165, 1.54) is 24.9 Å². The first-order valence-electron chi connectivity index (χ1n) is 12.6. The Labute approximate surface area is 238 Å². The van der Waals surface area contributed by atoms with E-state index in [0.717, 1.165) is 11.3 Å². The van der Waals surface area contributed by atoms with Gasteiger partial charge < -0.3 is 23.7 Å². The second kappa shape index (κ2) is 11.3. The number of benzene rings is 2. The fourth-order valence-corrected chi connectivity index (χ4v) is 5.75. The fourth-order valence-electron chi connectivity index (χ4n) is 4.72. The van der Waals surface area contributed by atoms with Crippen molar-refractivity contribution < 1.29 is 33.3 Å². The van der Waals surface area contributed by atoms with E-state index in [0.29, 0.717) is 49.2 Å². The molecule has 1 atom stereocenters. The Morgan fingerprint density at radius 2 is 1.85 bits per heavy atom. The minimum Gasteiger partial charge on any atom is -0.493 e. The highest BCUT2D eigenvalue weighted by Gasteiger charge is 2.34. The van der Waals surface area contributed by atoms with Crippen LogP contribution in [0.3, 0.4) is 0 Å². The van der Waals surface area contributed by atoms with Gasteiger partial charge in [-0.3, -0.25) is 9.36 Å². The largest absolute Gasteiger partial charge is 0.493 e. The van der Waals surface area contributed by atoms with Crippen molar-refractivity contribution >= 4 is 29.4 Å². The second-order valence-electron chi connectivity index (χ2n) is 8.97. The zero-order valence-electron chi connectivity index (χ0n) is 22.7. The third-order valence-corrected chi connectivity index (χ3v) is 7.55. The number of fused-ring (bicyclic) bond motifs is 1. The van der Waals surface area contributed by atoms with Crippen molar-refractivity contribution in [2.75, 3.05) is 20.8 Å². The molecule has 10 nitrogen and oxygen atoms in total. The summed E-state index contributed by atoms with van der Waals surface area (Å²) in [5.74, 6) is 0.000363. The first kappa shape index (κ1) is 27.7. The number of aromatic carboxylic acids is 1. The molecule has 1 N–H and O–H groups in total. The third-order valence-electron chi connectivity index (χ3n) is 6.56. The zero-order chi connectivity index (χ0) is 29.3. The quantitative estimate of drug-likeness (QED) is 0.315. The van der Waals surface area contributed by atoms with Crippen molar-refractivity contribution in [1.82, 2.24) is 4.57 Å². The molecule has 210 valence electrons. The number of thiazole rings is 1. The number of aromatic nitrogens is 1. The molecule has 11 heteroatoms. The lowest BCUT2D eigenvalue weighted by Gasteiger charge is -2.25. The lowest BCUT2D eigenvalue weighted by molar-refractivity contribution is -0.139. The van der Waals surface area contributed by atoms with E-state index in [1.54, 1.807) is 68.5 Å². The number of carboxylic acids is 1. The van der Waals surface area contributed by atoms with Crippen LogP contribution in [-0.4, -0.2) is 42.4 Å². The number of esters is 1. The standard InChI is InChI=1S/C30H26N2O8S/c1-5-39-29(36)25-16(2)31-30-32(26(25)17-10-12-22(37-3)23(14-17)38-4)27(33)24(41-30)15-18-11-13-21(40-18)19-8-6-7-9-20(19)28(34)35/h6-15,26H,5H2,1-4H3,(H,34,35)/b24-15+/t26-/m0/s1. The number of methoxy groups -OCH3 is 2. The summed E-state index contributed by atoms with van der Waals surface area (Å²) in [4.78, 5) is 43.6. The Bertz CT molecular complexity index is 1880. The van der Waals surface area contributed by atoms with E-state index in [1.807, 2.05) is 0 Å². The number of allylic oxidation sites excluding steroid dienone is 1. The third kappa shape index (κ3) is 5.07. The Balaban J connectivity index is 1.66. The van der Waals surface area contributed by atoms with E-state index >= 15 is 0 Å². The number of carboxylic acid groups (broad SMARTS) is 1. The number of carbonyl (C=O) groups excluding carboxylic acids is 1. The van der Waals surface area contributed by atoms with Crippen LogP contribution in [0.4, 0.5) is 0 Å². The number of rotatable bonds is 8. The number of hydrogen-bond donors (Lipinski definition) is 1. The monoisotopic (exact) mass is 574 g/mol. The molecule has 0 radical (unpaired) electrons. The van der Waals surface area contributed by atoms with Gasteiger partial charge >= 0.3 is 11.9 Å². The van der Waals surface area contributed by atoms with Crippen LogP contribution in [-0.2, 0) is 9.53 Å². The highest BCUT2D eigenvalue weighted by Crippen LogP contribution is 2.36. The van der Waals surface area contributed by atoms with Crippen LogP contribution >= 0.6 is 11.3 Å². The van der Waals surface area contributed by atoms with Crippen LogP contribution in [0.5, 0.6) is 11.5 Å². The van der Waals surface area contributed by atoms with Gasteiger partial charge in [-0.15, -0.1) is 0 Å². The molecule has 2 aromatic heterocycles. The summed E-state index contributed by atoms with van der Waals surface area (Å²) in [6.45, 7) is 3.57. The van der Waals surface area contributed by atoms with Gasteiger partial charge in [0.1, 0.15) is 11.5 Å². The van der Waals surface area contributed by atoms with Gasteiger partial charge in [0.25, 0.3) is 5.56 Å². The van der Waals surface area contributed by atoms with Crippen molar-refractivity contribution in [3.05, 3.63) is 102 Å². The molecule has 1 aliphatic rings. The summed E-state index contributed by atoms with van der Waals surface area (Å²) >= 11 is 1.15. The van der Waals surface area contributed by atoms with Gasteiger partial charge in [0, 0.05) is 11.6 Å². The fraction of sp³-hybridized carbons (Fsp3) is 0.200. The average Bonchev–Trinajstić information content (AvgIpc) is 3.56. The molecule has 0 fully saturated rings. The maximum Gasteiger partial charge on any atom is 0.338 e. The molecule has 4 aromatic rings. The van der Waals surface area contributed by atoms with Crippen LogP contribution in [0.1, 0.15) is 41.6 Å². The Kier molecular flexibility index (Phi) is 7.62. The van der Waals surface area contributed by atoms with Crippen molar-refractivity contribution in [2.24, 2.45) is 4.99 Å². The van der Waals surface area contributed by atoms with E-state index < -0.39 is 18.0 Å². The van der Waals surface area contributed by atoms with E-state index in [-0.39, 0.29) is 23.3 Å². The minimum atomic E-state index is -1.07. The lowest BCUT2D eigenvalue weighted by Crippen LogP contribution is -2.39. The summed E-state index contributed by atoms with van der Waals surface area (Å²) in [5.41, 5.74) is 1.42. The molecule has 2 aromatic carbocycles. The van der Waals surface area contributed by atoms with Gasteiger partial charge in [0.05, 0.1) is 48.2 Å². The second-order valence-corrected chi connectivity index (χ2v) is 9.98. The molecule has 0 bridgehead atoms. The van der Waals surface area contributed by atoms with Gasteiger partial charge in [-0.05, 0) is 49.7 Å². The summed E-state index contributed by atoms with van der Waals surface area (Å²) in [7, 11) is 3.03. The highest BCUT2D eigenvalue weighted by atomic mass is 32.1. The van der Waals surface area contributed by atoms with Crippen molar-refractivity contribution in [2.45, 2.75) is 19.9 Å². The van der Waals surface area contributed by atoms with Crippen LogP contribution in [0, 0.1) is 0 Å². The number of nitrogens with zero attached hydrogens (tertiary/aromatic N) is 2. The van der Waals surface area contributed by atoms with E-state index in [9.17, 15) is 19.5 Å². The highest BCUT2D eigenvalue weighted by molar-refractivity contribution is 7.07. The molecule has 0 unspecified atom stereocenters. The van der Waals surface area contributed by atoms with Crippen LogP contribution in [0.25, 0.3) is 17.4 Å². The molecule has 3 heterocycles. The zero-order valence-corrected chi connectivity index (χ0v) is 23.5. The lowest BCUT2D eigenvalue weighted by atomic mass is 9.95. The molecule has 0 saturated heterocycles. The molecule has 5 rings (SSSR count). The number of carbonyl (C=O) groups is 2. The number of furan rings is 1. The molecular weight excluding hydrogens is 548 g/mol. The Hall–Kier alpha value is -4.90. The summed E-state index contributed by atoms with van der Waals surface area (Å²) in [6, 6.07) is 14.2. The van der Waals surface area contributed by atoms with Crippen LogP contribution in [0.15, 0.2) is 80.1 Å². The summed E-state index contributed by atoms with van der Waals surface area (Å²) in [5, 5.41) is 9.54. The number of hydrogen-bond acceptors (Lipinski definition) is 9. The Morgan fingerprint density at radius 3 is 2.56 bits per heavy atom. The van der Waals surface area contributed by atoms with E-state index in [4.69, 9.17) is 18.6 Å². The van der Waals surface area contributed by atoms with Crippen molar-refractivity contribution in [3.8, 4) is 22.8 Å². The molecule has 0 amide bonds. The topological polar surface area (TPSA) is 130 Å². The van der Waals surface area contributed by atoms with Gasteiger partial charge in [-0.2, -0.15) is 0 Å². The summed E-state index contributed by atoms with van der Waals surface area (Å²) < 4.78 is 23.9. The van der Waals surface area contributed by atoms with Crippen molar-refractivity contribution in [1.29, 1.82) is 0 Å². The SMILES string of the molecule is CCOC(=O)C1=C(C)N=c2s/c(=C/c3ccc(-c4ccccc4C(=O)O)o3)c(=O)n2[C@H]1c1ccc(OC)c(OC)c1. The normalized spacial score (nSPS) is 14.8. The average molecular weight is 575 g/mol. The molecule has 0 aliphatic carbocycles. The van der Waals surface area contributed by atoms with Crippen LogP contribution in [0.2, 0.25) is 0 Å². The molecule has 0 spiro atoms. The van der Waals surface area contributed by atoms with Crippen LogP contribution < -0.4 is 24.4 Å².